The molecule has 0 aliphatic carbocycles. The van der Waals surface area contributed by atoms with E-state index in [4.69, 9.17) is 0 Å². The molecule has 0 aromatic heterocycles. The van der Waals surface area contributed by atoms with Crippen molar-refractivity contribution in [2.24, 2.45) is 11.8 Å². The molecular formula is C31H27Br2N3O4. The lowest BCUT2D eigenvalue weighted by Crippen LogP contribution is -2.57. The first kappa shape index (κ1) is 26.9. The summed E-state index contributed by atoms with van der Waals surface area (Å²) < 4.78 is 1.65. The number of halogens is 2. The van der Waals surface area contributed by atoms with Crippen LogP contribution in [0, 0.1) is 11.8 Å². The molecule has 3 saturated heterocycles. The molecule has 0 N–H and O–H groups in total. The van der Waals surface area contributed by atoms with Gasteiger partial charge in [-0.2, -0.15) is 0 Å². The predicted octanol–water partition coefficient (Wildman–Crippen LogP) is 6.12. The quantitative estimate of drug-likeness (QED) is 0.249. The van der Waals surface area contributed by atoms with E-state index in [9.17, 15) is 19.2 Å². The number of benzene rings is 3. The molecule has 0 saturated carbocycles. The molecule has 6 rings (SSSR count). The van der Waals surface area contributed by atoms with Gasteiger partial charge in [0.1, 0.15) is 5.54 Å². The molecule has 3 aromatic carbocycles. The highest BCUT2D eigenvalue weighted by molar-refractivity contribution is 9.10. The average molecular weight is 665 g/mol. The molecule has 0 radical (unpaired) electrons. The number of rotatable bonds is 4. The van der Waals surface area contributed by atoms with E-state index in [1.807, 2.05) is 75.4 Å². The molecule has 40 heavy (non-hydrogen) atoms. The zero-order valence-electron chi connectivity index (χ0n) is 22.2. The van der Waals surface area contributed by atoms with Crippen LogP contribution < -0.4 is 4.90 Å². The smallest absolute Gasteiger partial charge is 0.300 e. The van der Waals surface area contributed by atoms with Crippen molar-refractivity contribution in [3.63, 3.8) is 0 Å². The number of urea groups is 1. The fourth-order valence-corrected chi connectivity index (χ4v) is 7.19. The third-order valence-corrected chi connectivity index (χ3v) is 9.23. The highest BCUT2D eigenvalue weighted by Gasteiger charge is 2.77. The van der Waals surface area contributed by atoms with Crippen LogP contribution in [0.5, 0.6) is 0 Å². The summed E-state index contributed by atoms with van der Waals surface area (Å²) in [4.78, 5) is 61.7. The van der Waals surface area contributed by atoms with Crippen LogP contribution in [-0.4, -0.2) is 44.6 Å². The molecule has 204 valence electrons. The average Bonchev–Trinajstić information content (AvgIpc) is 3.43. The number of carbonyl (C=O) groups excluding carboxylic acids is 4. The van der Waals surface area contributed by atoms with Gasteiger partial charge in [-0.25, -0.2) is 9.69 Å². The minimum absolute atomic E-state index is 0.108. The SMILES string of the molecule is CC(C)(C)N1C(=O)[C@H]2[C@@H](c3ccc(Br)cc3)N3C(=O)N(c4ccc(Br)cc4)C(=O)[C@@]3(Cc3ccccc3)[C@H]2C1=O. The summed E-state index contributed by atoms with van der Waals surface area (Å²) in [5.41, 5.74) is -0.463. The Hall–Kier alpha value is -3.30. The molecule has 3 aliphatic rings. The second-order valence-electron chi connectivity index (χ2n) is 11.5. The Bertz CT molecular complexity index is 1540. The van der Waals surface area contributed by atoms with Crippen LogP contribution in [0.25, 0.3) is 0 Å². The van der Waals surface area contributed by atoms with Crippen molar-refractivity contribution in [1.82, 2.24) is 9.80 Å². The van der Waals surface area contributed by atoms with Gasteiger partial charge in [-0.05, 0) is 68.3 Å². The van der Waals surface area contributed by atoms with Crippen LogP contribution in [0.15, 0.2) is 87.8 Å². The largest absolute Gasteiger partial charge is 0.332 e. The van der Waals surface area contributed by atoms with Crippen LogP contribution in [0.1, 0.15) is 37.9 Å². The van der Waals surface area contributed by atoms with Crippen LogP contribution in [0.3, 0.4) is 0 Å². The third kappa shape index (κ3) is 3.81. The highest BCUT2D eigenvalue weighted by Crippen LogP contribution is 2.60. The Morgan fingerprint density at radius 2 is 1.35 bits per heavy atom. The fraction of sp³-hybridized carbons (Fsp3) is 0.290. The standard InChI is InChI=1S/C31H27Br2N3O4/c1-30(2,3)36-26(37)23-24(27(36)38)31(17-18-7-5-4-6-8-18)28(39)34(22-15-13-21(33)14-16-22)29(40)35(31)25(23)19-9-11-20(32)12-10-19/h4-16,23-25H,17H2,1-3H3/t23-,24-,25-,31-/m1/s1. The lowest BCUT2D eigenvalue weighted by molar-refractivity contribution is -0.149. The summed E-state index contributed by atoms with van der Waals surface area (Å²) >= 11 is 6.89. The van der Waals surface area contributed by atoms with Gasteiger partial charge in [0.25, 0.3) is 5.91 Å². The van der Waals surface area contributed by atoms with Gasteiger partial charge in [0.15, 0.2) is 0 Å². The molecule has 9 heteroatoms. The van der Waals surface area contributed by atoms with E-state index in [2.05, 4.69) is 31.9 Å². The van der Waals surface area contributed by atoms with Gasteiger partial charge in [-0.3, -0.25) is 19.3 Å². The number of carbonyl (C=O) groups is 4. The Morgan fingerprint density at radius 1 is 0.775 bits per heavy atom. The Labute approximate surface area is 249 Å². The van der Waals surface area contributed by atoms with E-state index in [0.717, 1.165) is 14.5 Å². The summed E-state index contributed by atoms with van der Waals surface area (Å²) in [5, 5.41) is 0. The second-order valence-corrected chi connectivity index (χ2v) is 13.4. The molecule has 3 heterocycles. The fourth-order valence-electron chi connectivity index (χ4n) is 6.66. The van der Waals surface area contributed by atoms with E-state index in [-0.39, 0.29) is 12.3 Å². The molecule has 0 spiro atoms. The lowest BCUT2D eigenvalue weighted by atomic mass is 9.75. The van der Waals surface area contributed by atoms with Gasteiger partial charge in [-0.15, -0.1) is 0 Å². The first-order chi connectivity index (χ1) is 19.0. The summed E-state index contributed by atoms with van der Waals surface area (Å²) in [5.74, 6) is -3.19. The minimum Gasteiger partial charge on any atom is -0.300 e. The highest BCUT2D eigenvalue weighted by atomic mass is 79.9. The number of fused-ring (bicyclic) bond motifs is 3. The van der Waals surface area contributed by atoms with E-state index in [1.54, 1.807) is 29.2 Å². The molecule has 3 aromatic rings. The lowest BCUT2D eigenvalue weighted by Gasteiger charge is -2.38. The topological polar surface area (TPSA) is 78.0 Å². The Kier molecular flexibility index (Phi) is 6.31. The third-order valence-electron chi connectivity index (χ3n) is 8.17. The summed E-state index contributed by atoms with van der Waals surface area (Å²) in [7, 11) is 0. The summed E-state index contributed by atoms with van der Waals surface area (Å²) in [6.45, 7) is 5.45. The molecule has 7 nitrogen and oxygen atoms in total. The number of hydrogen-bond donors (Lipinski definition) is 0. The van der Waals surface area contributed by atoms with Crippen molar-refractivity contribution in [3.05, 3.63) is 98.9 Å². The van der Waals surface area contributed by atoms with E-state index >= 15 is 0 Å². The van der Waals surface area contributed by atoms with E-state index in [0.29, 0.717) is 11.3 Å². The molecule has 0 unspecified atom stereocenters. The second kappa shape index (κ2) is 9.38. The Balaban J connectivity index is 1.62. The van der Waals surface area contributed by atoms with Crippen molar-refractivity contribution >= 4 is 61.3 Å². The van der Waals surface area contributed by atoms with Gasteiger partial charge in [0.05, 0.1) is 23.6 Å². The van der Waals surface area contributed by atoms with Crippen LogP contribution in [0.2, 0.25) is 0 Å². The number of anilines is 1. The van der Waals surface area contributed by atoms with Crippen LogP contribution >= 0.6 is 31.9 Å². The molecule has 4 atom stereocenters. The normalized spacial score (nSPS) is 26.1. The number of likely N-dealkylation sites (tertiary alicyclic amines) is 1. The predicted molar refractivity (Wildman–Crippen MR) is 157 cm³/mol. The monoisotopic (exact) mass is 663 g/mol. The van der Waals surface area contributed by atoms with Crippen molar-refractivity contribution in [2.45, 2.75) is 44.3 Å². The number of nitrogens with zero attached hydrogens (tertiary/aromatic N) is 3. The van der Waals surface area contributed by atoms with E-state index in [1.165, 1.54) is 9.80 Å². The van der Waals surface area contributed by atoms with Crippen LogP contribution in [-0.2, 0) is 20.8 Å². The Morgan fingerprint density at radius 3 is 1.93 bits per heavy atom. The van der Waals surface area contributed by atoms with Crippen molar-refractivity contribution in [3.8, 4) is 0 Å². The minimum atomic E-state index is -1.58. The molecule has 3 fully saturated rings. The zero-order valence-corrected chi connectivity index (χ0v) is 25.3. The molecular weight excluding hydrogens is 638 g/mol. The molecule has 0 bridgehead atoms. The summed E-state index contributed by atoms with van der Waals surface area (Å²) in [6.07, 6.45) is 0.108. The van der Waals surface area contributed by atoms with Gasteiger partial charge in [0.2, 0.25) is 11.8 Å². The van der Waals surface area contributed by atoms with Crippen molar-refractivity contribution in [1.29, 1.82) is 0 Å². The van der Waals surface area contributed by atoms with Crippen molar-refractivity contribution in [2.75, 3.05) is 4.90 Å². The first-order valence-corrected chi connectivity index (χ1v) is 14.7. The van der Waals surface area contributed by atoms with Gasteiger partial charge >= 0.3 is 6.03 Å². The number of amides is 5. The van der Waals surface area contributed by atoms with E-state index < -0.39 is 46.8 Å². The first-order valence-electron chi connectivity index (χ1n) is 13.1. The maximum absolute atomic E-state index is 14.8. The van der Waals surface area contributed by atoms with Gasteiger partial charge < -0.3 is 4.90 Å². The number of hydrogen-bond acceptors (Lipinski definition) is 4. The van der Waals surface area contributed by atoms with Crippen molar-refractivity contribution < 1.29 is 19.2 Å². The number of imide groups is 2. The maximum Gasteiger partial charge on any atom is 0.332 e. The van der Waals surface area contributed by atoms with Crippen LogP contribution in [0.4, 0.5) is 10.5 Å². The molecule has 3 aliphatic heterocycles. The van der Waals surface area contributed by atoms with Gasteiger partial charge in [-0.1, -0.05) is 74.3 Å². The summed E-state index contributed by atoms with van der Waals surface area (Å²) in [6, 6.07) is 22.4. The maximum atomic E-state index is 14.8. The molecule has 5 amide bonds. The zero-order chi connectivity index (χ0) is 28.6. The van der Waals surface area contributed by atoms with Gasteiger partial charge in [0, 0.05) is 20.9 Å².